The highest BCUT2D eigenvalue weighted by Gasteiger charge is 2.48. The molecule has 1 N–H and O–H groups in total. The molecule has 2 amide bonds. The molecule has 3 atom stereocenters. The Bertz CT molecular complexity index is 641. The number of hydrogen-bond acceptors (Lipinski definition) is 2. The Balaban J connectivity index is 1.60. The average molecular weight is 330 g/mol. The number of hydrogen-bond donors (Lipinski definition) is 1. The van der Waals surface area contributed by atoms with Crippen molar-refractivity contribution in [2.75, 3.05) is 0 Å². The maximum atomic E-state index is 13.2. The molecule has 0 spiro atoms. The first-order valence-corrected chi connectivity index (χ1v) is 9.02. The first kappa shape index (κ1) is 15.6. The van der Waals surface area contributed by atoms with Crippen LogP contribution in [0.3, 0.4) is 0 Å². The largest absolute Gasteiger partial charge is 0.352 e. The van der Waals surface area contributed by atoms with Crippen LogP contribution in [0.15, 0.2) is 24.3 Å². The molecule has 3 aliphatic rings. The van der Waals surface area contributed by atoms with Gasteiger partial charge in [0.2, 0.25) is 5.91 Å². The molecular weight excluding hydrogens is 307 g/mol. The van der Waals surface area contributed by atoms with Crippen LogP contribution in [0.25, 0.3) is 0 Å². The number of carbonyl (C=O) groups is 2. The second-order valence-corrected chi connectivity index (χ2v) is 7.37. The lowest BCUT2D eigenvalue weighted by molar-refractivity contribution is -0.125. The Morgan fingerprint density at radius 3 is 2.46 bits per heavy atom. The zero-order valence-electron chi connectivity index (χ0n) is 13.7. The van der Waals surface area contributed by atoms with Gasteiger partial charge in [0.15, 0.2) is 0 Å². The molecule has 128 valence electrons. The van der Waals surface area contributed by atoms with E-state index in [1.165, 1.54) is 30.7 Å². The van der Waals surface area contributed by atoms with Crippen molar-refractivity contribution in [3.8, 4) is 0 Å². The Hall–Kier alpha value is -1.91. The molecule has 5 heteroatoms. The minimum Gasteiger partial charge on any atom is -0.352 e. The van der Waals surface area contributed by atoms with Crippen LogP contribution in [0.1, 0.15) is 55.3 Å². The number of halogens is 1. The number of likely N-dealkylation sites (tertiary alicyclic amines) is 1. The van der Waals surface area contributed by atoms with E-state index in [1.54, 1.807) is 4.90 Å². The summed E-state index contributed by atoms with van der Waals surface area (Å²) >= 11 is 0. The van der Waals surface area contributed by atoms with Crippen molar-refractivity contribution in [3.63, 3.8) is 0 Å². The van der Waals surface area contributed by atoms with Gasteiger partial charge in [-0.2, -0.15) is 0 Å². The zero-order chi connectivity index (χ0) is 16.7. The molecule has 1 heterocycles. The van der Waals surface area contributed by atoms with E-state index in [0.717, 1.165) is 38.5 Å². The molecule has 2 aliphatic carbocycles. The summed E-state index contributed by atoms with van der Waals surface area (Å²) in [7, 11) is 0. The monoisotopic (exact) mass is 330 g/mol. The van der Waals surface area contributed by atoms with Crippen molar-refractivity contribution in [1.82, 2.24) is 10.2 Å². The van der Waals surface area contributed by atoms with Gasteiger partial charge in [-0.3, -0.25) is 9.59 Å². The molecule has 0 unspecified atom stereocenters. The van der Waals surface area contributed by atoms with Gasteiger partial charge >= 0.3 is 0 Å². The van der Waals surface area contributed by atoms with Gasteiger partial charge in [-0.1, -0.05) is 12.8 Å². The lowest BCUT2D eigenvalue weighted by Crippen LogP contribution is -2.50. The molecule has 4 rings (SSSR count). The molecule has 3 fully saturated rings. The first-order valence-electron chi connectivity index (χ1n) is 9.02. The van der Waals surface area contributed by atoms with Crippen molar-refractivity contribution in [1.29, 1.82) is 0 Å². The minimum absolute atomic E-state index is 0.0117. The maximum Gasteiger partial charge on any atom is 0.254 e. The number of nitrogens with zero attached hydrogens (tertiary/aromatic N) is 1. The smallest absolute Gasteiger partial charge is 0.254 e. The van der Waals surface area contributed by atoms with Gasteiger partial charge in [-0.15, -0.1) is 0 Å². The third-order valence-corrected chi connectivity index (χ3v) is 5.64. The molecule has 1 aromatic rings. The van der Waals surface area contributed by atoms with Crippen molar-refractivity contribution >= 4 is 11.8 Å². The lowest BCUT2D eigenvalue weighted by Gasteiger charge is -2.33. The van der Waals surface area contributed by atoms with E-state index in [2.05, 4.69) is 5.32 Å². The minimum atomic E-state index is -0.378. The van der Waals surface area contributed by atoms with Crippen molar-refractivity contribution < 1.29 is 14.0 Å². The Morgan fingerprint density at radius 2 is 1.75 bits per heavy atom. The van der Waals surface area contributed by atoms with Crippen LogP contribution in [0.4, 0.5) is 4.39 Å². The van der Waals surface area contributed by atoms with E-state index < -0.39 is 0 Å². The fraction of sp³-hybridized carbons (Fsp3) is 0.579. The average Bonchev–Trinajstić information content (AvgIpc) is 3.31. The van der Waals surface area contributed by atoms with Crippen LogP contribution in [0.5, 0.6) is 0 Å². The highest BCUT2D eigenvalue weighted by atomic mass is 19.1. The van der Waals surface area contributed by atoms with E-state index in [1.807, 2.05) is 0 Å². The van der Waals surface area contributed by atoms with E-state index in [-0.39, 0.29) is 29.7 Å². The quantitative estimate of drug-likeness (QED) is 0.926. The normalized spacial score (nSPS) is 29.2. The summed E-state index contributed by atoms with van der Waals surface area (Å²) in [5.41, 5.74) is 0.465. The standard InChI is InChI=1S/C19H23FN2O2/c20-14-7-5-12(6-8-14)19(24)22-16-4-2-1-3-13(16)11-17(22)18(23)21-15-9-10-15/h5-8,13,15-17H,1-4,9-11H2,(H,21,23)/t13-,16-,17-/m1/s1. The number of amides is 2. The maximum absolute atomic E-state index is 13.2. The first-order chi connectivity index (χ1) is 11.6. The molecule has 0 bridgehead atoms. The van der Waals surface area contributed by atoms with Crippen molar-refractivity contribution in [2.24, 2.45) is 5.92 Å². The van der Waals surface area contributed by atoms with E-state index in [0.29, 0.717) is 17.5 Å². The second-order valence-electron chi connectivity index (χ2n) is 7.37. The SMILES string of the molecule is O=C(NC1CC1)[C@H]1C[C@H]2CCCC[C@H]2N1C(=O)c1ccc(F)cc1. The molecule has 0 radical (unpaired) electrons. The van der Waals surface area contributed by atoms with E-state index >= 15 is 0 Å². The van der Waals surface area contributed by atoms with Crippen LogP contribution in [0.2, 0.25) is 0 Å². The molecule has 0 aromatic heterocycles. The summed E-state index contributed by atoms with van der Waals surface area (Å²) in [5, 5.41) is 3.06. The zero-order valence-corrected chi connectivity index (χ0v) is 13.7. The fourth-order valence-electron chi connectivity index (χ4n) is 4.25. The molecule has 1 aliphatic heterocycles. The van der Waals surface area contributed by atoms with Gasteiger partial charge in [-0.05, 0) is 62.3 Å². The number of rotatable bonds is 3. The summed E-state index contributed by atoms with van der Waals surface area (Å²) in [6, 6.07) is 5.71. The topological polar surface area (TPSA) is 49.4 Å². The van der Waals surface area contributed by atoms with Crippen LogP contribution < -0.4 is 5.32 Å². The number of benzene rings is 1. The summed E-state index contributed by atoms with van der Waals surface area (Å²) < 4.78 is 13.2. The Morgan fingerprint density at radius 1 is 1.04 bits per heavy atom. The molecule has 24 heavy (non-hydrogen) atoms. The second kappa shape index (κ2) is 6.19. The Kier molecular flexibility index (Phi) is 4.02. The van der Waals surface area contributed by atoms with Gasteiger partial charge < -0.3 is 10.2 Å². The van der Waals surface area contributed by atoms with Crippen LogP contribution in [-0.2, 0) is 4.79 Å². The number of nitrogens with one attached hydrogen (secondary N) is 1. The van der Waals surface area contributed by atoms with Crippen LogP contribution in [-0.4, -0.2) is 34.8 Å². The summed E-state index contributed by atoms with van der Waals surface area (Å²) in [4.78, 5) is 27.5. The summed E-state index contributed by atoms with van der Waals surface area (Å²) in [6.45, 7) is 0. The predicted molar refractivity (Wildman–Crippen MR) is 87.9 cm³/mol. The van der Waals surface area contributed by atoms with Crippen molar-refractivity contribution in [3.05, 3.63) is 35.6 Å². The van der Waals surface area contributed by atoms with Gasteiger partial charge in [0.05, 0.1) is 0 Å². The van der Waals surface area contributed by atoms with Crippen molar-refractivity contribution in [2.45, 2.75) is 63.1 Å². The molecule has 1 saturated heterocycles. The third kappa shape index (κ3) is 2.92. The van der Waals surface area contributed by atoms with Gasteiger partial charge in [0.25, 0.3) is 5.91 Å². The third-order valence-electron chi connectivity index (χ3n) is 5.64. The van der Waals surface area contributed by atoms with E-state index in [9.17, 15) is 14.0 Å². The number of fused-ring (bicyclic) bond motifs is 1. The molecule has 4 nitrogen and oxygen atoms in total. The highest BCUT2D eigenvalue weighted by molar-refractivity contribution is 5.98. The van der Waals surface area contributed by atoms with Gasteiger partial charge in [-0.25, -0.2) is 4.39 Å². The van der Waals surface area contributed by atoms with Gasteiger partial charge in [0, 0.05) is 17.6 Å². The Labute approximate surface area is 141 Å². The predicted octanol–water partition coefficient (Wildman–Crippen LogP) is 2.88. The number of carbonyl (C=O) groups excluding carboxylic acids is 2. The summed E-state index contributed by atoms with van der Waals surface area (Å²) in [6.07, 6.45) is 7.17. The fourth-order valence-corrected chi connectivity index (χ4v) is 4.25. The van der Waals surface area contributed by atoms with Crippen LogP contribution in [0, 0.1) is 11.7 Å². The van der Waals surface area contributed by atoms with Gasteiger partial charge in [0.1, 0.15) is 11.9 Å². The molecular formula is C19H23FN2O2. The summed E-state index contributed by atoms with van der Waals surface area (Å²) in [5.74, 6) is -0.0904. The molecule has 1 aromatic carbocycles. The lowest BCUT2D eigenvalue weighted by atomic mass is 9.84. The van der Waals surface area contributed by atoms with Crippen LogP contribution >= 0.6 is 0 Å². The van der Waals surface area contributed by atoms with E-state index in [4.69, 9.17) is 0 Å². The molecule has 2 saturated carbocycles. The highest BCUT2D eigenvalue weighted by Crippen LogP contribution is 2.40.